The Bertz CT molecular complexity index is 494. The SMILES string of the molecule is COc1cc2c(cc1C1(C(=O)O)CC1)OCS2. The Labute approximate surface area is 103 Å². The van der Waals surface area contributed by atoms with Gasteiger partial charge in [0, 0.05) is 5.56 Å². The molecule has 3 rings (SSSR count). The maximum absolute atomic E-state index is 11.4. The van der Waals surface area contributed by atoms with E-state index in [9.17, 15) is 9.90 Å². The smallest absolute Gasteiger partial charge is 0.314 e. The average Bonchev–Trinajstić information content (AvgIpc) is 3.01. The van der Waals surface area contributed by atoms with Crippen LogP contribution in [0.3, 0.4) is 0 Å². The lowest BCUT2D eigenvalue weighted by atomic mass is 9.95. The normalized spacial score (nSPS) is 19.4. The molecule has 1 heterocycles. The van der Waals surface area contributed by atoms with Gasteiger partial charge in [-0.2, -0.15) is 0 Å². The summed E-state index contributed by atoms with van der Waals surface area (Å²) in [6, 6.07) is 3.71. The first kappa shape index (κ1) is 10.8. The number of thioether (sulfide) groups is 1. The lowest BCUT2D eigenvalue weighted by Gasteiger charge is -2.15. The highest BCUT2D eigenvalue weighted by molar-refractivity contribution is 7.99. The minimum absolute atomic E-state index is 0.585. The van der Waals surface area contributed by atoms with Gasteiger partial charge in [-0.3, -0.25) is 4.79 Å². The third-order valence-corrected chi connectivity index (χ3v) is 4.24. The lowest BCUT2D eigenvalue weighted by molar-refractivity contribution is -0.140. The lowest BCUT2D eigenvalue weighted by Crippen LogP contribution is -2.20. The van der Waals surface area contributed by atoms with Crippen LogP contribution in [0.15, 0.2) is 17.0 Å². The second-order valence-electron chi connectivity index (χ2n) is 4.29. The van der Waals surface area contributed by atoms with Crippen LogP contribution in [-0.2, 0) is 10.2 Å². The minimum atomic E-state index is -0.776. The van der Waals surface area contributed by atoms with Gasteiger partial charge < -0.3 is 14.6 Å². The number of carbonyl (C=O) groups is 1. The molecular formula is C12H12O4S. The molecule has 2 aliphatic rings. The minimum Gasteiger partial charge on any atom is -0.496 e. The van der Waals surface area contributed by atoms with Crippen molar-refractivity contribution >= 4 is 17.7 Å². The first-order valence-electron chi connectivity index (χ1n) is 5.39. The zero-order chi connectivity index (χ0) is 12.0. The van der Waals surface area contributed by atoms with Gasteiger partial charge in [-0.05, 0) is 25.0 Å². The van der Waals surface area contributed by atoms with Crippen molar-refractivity contribution in [1.29, 1.82) is 0 Å². The van der Waals surface area contributed by atoms with E-state index in [0.29, 0.717) is 24.5 Å². The molecule has 1 saturated carbocycles. The van der Waals surface area contributed by atoms with Gasteiger partial charge in [0.15, 0.2) is 0 Å². The van der Waals surface area contributed by atoms with Crippen LogP contribution in [-0.4, -0.2) is 24.1 Å². The molecule has 0 atom stereocenters. The second-order valence-corrected chi connectivity index (χ2v) is 5.26. The van der Waals surface area contributed by atoms with Crippen LogP contribution < -0.4 is 9.47 Å². The highest BCUT2D eigenvalue weighted by atomic mass is 32.2. The third-order valence-electron chi connectivity index (χ3n) is 3.37. The molecule has 0 saturated heterocycles. The number of aliphatic carboxylic acids is 1. The summed E-state index contributed by atoms with van der Waals surface area (Å²) in [4.78, 5) is 12.4. The van der Waals surface area contributed by atoms with Gasteiger partial charge in [0.1, 0.15) is 17.4 Å². The van der Waals surface area contributed by atoms with Crippen LogP contribution >= 0.6 is 11.8 Å². The van der Waals surface area contributed by atoms with Crippen molar-refractivity contribution in [3.63, 3.8) is 0 Å². The number of hydrogen-bond donors (Lipinski definition) is 1. The molecule has 90 valence electrons. The zero-order valence-electron chi connectivity index (χ0n) is 9.36. The standard InChI is InChI=1S/C12H12O4S/c1-15-8-5-10-9(16-6-17-10)4-7(8)12(2-3-12)11(13)14/h4-5H,2-3,6H2,1H3,(H,13,14). The van der Waals surface area contributed by atoms with E-state index in [0.717, 1.165) is 16.2 Å². The first-order chi connectivity index (χ1) is 8.17. The van der Waals surface area contributed by atoms with E-state index < -0.39 is 11.4 Å². The maximum Gasteiger partial charge on any atom is 0.314 e. The monoisotopic (exact) mass is 252 g/mol. The van der Waals surface area contributed by atoms with Crippen molar-refractivity contribution in [3.05, 3.63) is 17.7 Å². The second kappa shape index (κ2) is 3.57. The Kier molecular flexibility index (Phi) is 2.26. The summed E-state index contributed by atoms with van der Waals surface area (Å²) in [7, 11) is 1.57. The Balaban J connectivity index is 2.13. The van der Waals surface area contributed by atoms with Crippen LogP contribution in [0.5, 0.6) is 11.5 Å². The van der Waals surface area contributed by atoms with Crippen molar-refractivity contribution in [2.75, 3.05) is 13.0 Å². The van der Waals surface area contributed by atoms with Crippen molar-refractivity contribution < 1.29 is 19.4 Å². The summed E-state index contributed by atoms with van der Waals surface area (Å²) in [5.41, 5.74) is -0.00877. The van der Waals surface area contributed by atoms with Crippen molar-refractivity contribution in [2.45, 2.75) is 23.2 Å². The number of carboxylic acids is 1. The number of benzene rings is 1. The van der Waals surface area contributed by atoms with Gasteiger partial charge in [0.2, 0.25) is 0 Å². The molecule has 0 bridgehead atoms. The van der Waals surface area contributed by atoms with E-state index >= 15 is 0 Å². The van der Waals surface area contributed by atoms with Gasteiger partial charge in [-0.15, -0.1) is 0 Å². The third kappa shape index (κ3) is 1.49. The predicted molar refractivity (Wildman–Crippen MR) is 62.9 cm³/mol. The number of carboxylic acid groups (broad SMARTS) is 1. The fourth-order valence-corrected chi connectivity index (χ4v) is 2.95. The molecule has 0 radical (unpaired) electrons. The molecule has 5 heteroatoms. The van der Waals surface area contributed by atoms with Crippen LogP contribution in [0.4, 0.5) is 0 Å². The summed E-state index contributed by atoms with van der Waals surface area (Å²) in [6.45, 7) is 0. The average molecular weight is 252 g/mol. The number of hydrogen-bond acceptors (Lipinski definition) is 4. The largest absolute Gasteiger partial charge is 0.496 e. The molecule has 1 fully saturated rings. The molecule has 0 amide bonds. The molecular weight excluding hydrogens is 240 g/mol. The van der Waals surface area contributed by atoms with E-state index in [1.807, 2.05) is 12.1 Å². The Morgan fingerprint density at radius 3 is 2.88 bits per heavy atom. The summed E-state index contributed by atoms with van der Waals surface area (Å²) < 4.78 is 10.8. The van der Waals surface area contributed by atoms with E-state index in [1.54, 1.807) is 18.9 Å². The highest BCUT2D eigenvalue weighted by Crippen LogP contribution is 2.54. The van der Waals surface area contributed by atoms with Gasteiger partial charge in [0.05, 0.1) is 17.4 Å². The van der Waals surface area contributed by atoms with Gasteiger partial charge in [-0.1, -0.05) is 11.8 Å². The number of rotatable bonds is 3. The number of methoxy groups -OCH3 is 1. The fourth-order valence-electron chi connectivity index (χ4n) is 2.19. The fraction of sp³-hybridized carbons (Fsp3) is 0.417. The summed E-state index contributed by atoms with van der Waals surface area (Å²) in [6.07, 6.45) is 1.34. The molecule has 1 aromatic rings. The topological polar surface area (TPSA) is 55.8 Å². The molecule has 0 spiro atoms. The van der Waals surface area contributed by atoms with Crippen LogP contribution in [0, 0.1) is 0 Å². The van der Waals surface area contributed by atoms with Crippen molar-refractivity contribution in [1.82, 2.24) is 0 Å². The Morgan fingerprint density at radius 1 is 1.53 bits per heavy atom. The molecule has 0 unspecified atom stereocenters. The van der Waals surface area contributed by atoms with E-state index in [4.69, 9.17) is 9.47 Å². The molecule has 1 aromatic carbocycles. The van der Waals surface area contributed by atoms with E-state index in [2.05, 4.69) is 0 Å². The Morgan fingerprint density at radius 2 is 2.29 bits per heavy atom. The van der Waals surface area contributed by atoms with Crippen molar-refractivity contribution in [3.8, 4) is 11.5 Å². The molecule has 4 nitrogen and oxygen atoms in total. The summed E-state index contributed by atoms with van der Waals surface area (Å²) >= 11 is 1.60. The van der Waals surface area contributed by atoms with Crippen molar-refractivity contribution in [2.24, 2.45) is 0 Å². The van der Waals surface area contributed by atoms with E-state index in [-0.39, 0.29) is 0 Å². The van der Waals surface area contributed by atoms with Gasteiger partial charge in [0.25, 0.3) is 0 Å². The van der Waals surface area contributed by atoms with Crippen LogP contribution in [0.2, 0.25) is 0 Å². The quantitative estimate of drug-likeness (QED) is 0.894. The van der Waals surface area contributed by atoms with Gasteiger partial charge in [-0.25, -0.2) is 0 Å². The number of ether oxygens (including phenoxy) is 2. The maximum atomic E-state index is 11.4. The molecule has 1 aliphatic carbocycles. The zero-order valence-corrected chi connectivity index (χ0v) is 10.2. The first-order valence-corrected chi connectivity index (χ1v) is 6.37. The summed E-state index contributed by atoms with van der Waals surface area (Å²) in [5.74, 6) is 1.24. The van der Waals surface area contributed by atoms with E-state index in [1.165, 1.54) is 0 Å². The summed E-state index contributed by atoms with van der Waals surface area (Å²) in [5, 5.41) is 9.32. The predicted octanol–water partition coefficient (Wildman–Crippen LogP) is 2.25. The van der Waals surface area contributed by atoms with Crippen LogP contribution in [0.25, 0.3) is 0 Å². The molecule has 0 aromatic heterocycles. The highest BCUT2D eigenvalue weighted by Gasteiger charge is 2.53. The molecule has 1 N–H and O–H groups in total. The number of fused-ring (bicyclic) bond motifs is 1. The van der Waals surface area contributed by atoms with Gasteiger partial charge >= 0.3 is 5.97 Å². The molecule has 17 heavy (non-hydrogen) atoms. The Hall–Kier alpha value is -1.36. The van der Waals surface area contributed by atoms with Crippen LogP contribution in [0.1, 0.15) is 18.4 Å². The molecule has 1 aliphatic heterocycles.